The highest BCUT2D eigenvalue weighted by atomic mass is 79.9. The highest BCUT2D eigenvalue weighted by Gasteiger charge is 2.07. The summed E-state index contributed by atoms with van der Waals surface area (Å²) in [5, 5.41) is 16.9. The Morgan fingerprint density at radius 3 is 2.53 bits per heavy atom. The molecule has 0 bridgehead atoms. The van der Waals surface area contributed by atoms with Crippen molar-refractivity contribution < 1.29 is 14.6 Å². The molecule has 1 N–H and O–H groups in total. The molecule has 0 atom stereocenters. The molecular formula is C11H7Br2NO3. The normalized spacial score (nSPS) is 10.2. The van der Waals surface area contributed by atoms with E-state index in [2.05, 4.69) is 31.9 Å². The number of benzene rings is 1. The minimum absolute atomic E-state index is 0.0541. The number of nitrogens with zero attached hydrogens (tertiary/aromatic N) is 1. The molecule has 0 aromatic heterocycles. The molecule has 0 aliphatic carbocycles. The van der Waals surface area contributed by atoms with Crippen LogP contribution in [0.15, 0.2) is 27.2 Å². The maximum absolute atomic E-state index is 10.4. The molecule has 6 heteroatoms. The first kappa shape index (κ1) is 13.7. The molecule has 1 rings (SSSR count). The minimum Gasteiger partial charge on any atom is -0.478 e. The summed E-state index contributed by atoms with van der Waals surface area (Å²) < 4.78 is 6.49. The first-order valence-electron chi connectivity index (χ1n) is 4.44. The van der Waals surface area contributed by atoms with Gasteiger partial charge in [0.25, 0.3) is 0 Å². The Balaban J connectivity index is 3.01. The van der Waals surface area contributed by atoms with Crippen LogP contribution in [0.4, 0.5) is 0 Å². The third-order valence-electron chi connectivity index (χ3n) is 1.72. The van der Waals surface area contributed by atoms with Crippen LogP contribution in [0.5, 0.6) is 5.75 Å². The smallest absolute Gasteiger partial charge is 0.328 e. The van der Waals surface area contributed by atoms with Crippen molar-refractivity contribution in [2.24, 2.45) is 0 Å². The summed E-state index contributed by atoms with van der Waals surface area (Å²) in [6.45, 7) is -0.0541. The number of carboxylic acid groups (broad SMARTS) is 1. The predicted molar refractivity (Wildman–Crippen MR) is 69.6 cm³/mol. The van der Waals surface area contributed by atoms with Gasteiger partial charge in [-0.1, -0.05) is 0 Å². The molecule has 88 valence electrons. The van der Waals surface area contributed by atoms with Crippen LogP contribution < -0.4 is 4.74 Å². The van der Waals surface area contributed by atoms with E-state index < -0.39 is 5.97 Å². The summed E-state index contributed by atoms with van der Waals surface area (Å²) >= 11 is 6.58. The van der Waals surface area contributed by atoms with Crippen molar-refractivity contribution in [2.75, 3.05) is 6.61 Å². The maximum Gasteiger partial charge on any atom is 0.328 e. The second kappa shape index (κ2) is 6.42. The first-order chi connectivity index (χ1) is 8.04. The van der Waals surface area contributed by atoms with Gasteiger partial charge in [-0.15, -0.1) is 0 Å². The van der Waals surface area contributed by atoms with E-state index >= 15 is 0 Å². The van der Waals surface area contributed by atoms with Crippen molar-refractivity contribution in [3.05, 3.63) is 32.7 Å². The van der Waals surface area contributed by atoms with Crippen LogP contribution in [-0.4, -0.2) is 17.7 Å². The standard InChI is InChI=1S/C11H7Br2NO3/c12-8-5-7(1-2-10(15)16)6-9(13)11(8)17-4-3-14/h1-2,5-6H,4H2,(H,15,16)/b2-1+. The zero-order valence-corrected chi connectivity index (χ0v) is 11.7. The molecule has 0 heterocycles. The lowest BCUT2D eigenvalue weighted by molar-refractivity contribution is -0.131. The maximum atomic E-state index is 10.4. The van der Waals surface area contributed by atoms with Gasteiger partial charge in [0, 0.05) is 6.08 Å². The molecule has 0 aliphatic rings. The quantitative estimate of drug-likeness (QED) is 0.837. The number of hydrogen-bond donors (Lipinski definition) is 1. The summed E-state index contributed by atoms with van der Waals surface area (Å²) in [4.78, 5) is 10.4. The molecule has 0 saturated carbocycles. The van der Waals surface area contributed by atoms with Crippen LogP contribution in [-0.2, 0) is 4.79 Å². The second-order valence-corrected chi connectivity index (χ2v) is 4.64. The lowest BCUT2D eigenvalue weighted by atomic mass is 10.2. The van der Waals surface area contributed by atoms with Crippen molar-refractivity contribution in [1.82, 2.24) is 0 Å². The minimum atomic E-state index is -1.01. The highest BCUT2D eigenvalue weighted by Crippen LogP contribution is 2.35. The third-order valence-corrected chi connectivity index (χ3v) is 2.90. The van der Waals surface area contributed by atoms with Crippen LogP contribution in [0.1, 0.15) is 5.56 Å². The molecule has 0 saturated heterocycles. The van der Waals surface area contributed by atoms with Crippen LogP contribution in [0.2, 0.25) is 0 Å². The average molecular weight is 361 g/mol. The second-order valence-electron chi connectivity index (χ2n) is 2.93. The van der Waals surface area contributed by atoms with Gasteiger partial charge in [0.1, 0.15) is 11.8 Å². The fourth-order valence-corrected chi connectivity index (χ4v) is 2.54. The Morgan fingerprint density at radius 1 is 1.47 bits per heavy atom. The van der Waals surface area contributed by atoms with E-state index in [0.29, 0.717) is 20.3 Å². The fourth-order valence-electron chi connectivity index (χ4n) is 1.09. The number of halogens is 2. The van der Waals surface area contributed by atoms with E-state index in [1.807, 2.05) is 6.07 Å². The Labute approximate surface area is 115 Å². The zero-order chi connectivity index (χ0) is 12.8. The molecule has 0 amide bonds. The molecule has 0 unspecified atom stereocenters. The topological polar surface area (TPSA) is 70.3 Å². The van der Waals surface area contributed by atoms with Gasteiger partial charge in [0.05, 0.1) is 8.95 Å². The Morgan fingerprint density at radius 2 is 2.06 bits per heavy atom. The first-order valence-corrected chi connectivity index (χ1v) is 6.03. The Hall–Kier alpha value is -1.32. The number of nitriles is 1. The monoisotopic (exact) mass is 359 g/mol. The number of aliphatic carboxylic acids is 1. The fraction of sp³-hybridized carbons (Fsp3) is 0.0909. The van der Waals surface area contributed by atoms with E-state index in [1.54, 1.807) is 12.1 Å². The van der Waals surface area contributed by atoms with Crippen LogP contribution in [0.25, 0.3) is 6.08 Å². The van der Waals surface area contributed by atoms with Gasteiger partial charge >= 0.3 is 5.97 Å². The molecule has 0 fully saturated rings. The number of rotatable bonds is 4. The Kier molecular flexibility index (Phi) is 5.19. The summed E-state index contributed by atoms with van der Waals surface area (Å²) in [5.41, 5.74) is 0.704. The number of hydrogen-bond acceptors (Lipinski definition) is 3. The molecule has 0 spiro atoms. The van der Waals surface area contributed by atoms with Crippen molar-refractivity contribution in [2.45, 2.75) is 0 Å². The SMILES string of the molecule is N#CCOc1c(Br)cc(/C=C/C(=O)O)cc1Br. The van der Waals surface area contributed by atoms with Gasteiger partial charge < -0.3 is 9.84 Å². The number of ether oxygens (including phenoxy) is 1. The molecular weight excluding hydrogens is 354 g/mol. The predicted octanol–water partition coefficient (Wildman–Crippen LogP) is 3.21. The van der Waals surface area contributed by atoms with Gasteiger partial charge in [-0.25, -0.2) is 4.79 Å². The average Bonchev–Trinajstić information content (AvgIpc) is 2.25. The van der Waals surface area contributed by atoms with Gasteiger partial charge in [0.15, 0.2) is 6.61 Å². The van der Waals surface area contributed by atoms with E-state index in [-0.39, 0.29) is 6.61 Å². The van der Waals surface area contributed by atoms with Crippen molar-refractivity contribution >= 4 is 43.9 Å². The van der Waals surface area contributed by atoms with E-state index in [9.17, 15) is 4.79 Å². The van der Waals surface area contributed by atoms with E-state index in [0.717, 1.165) is 6.08 Å². The van der Waals surface area contributed by atoms with Crippen LogP contribution in [0.3, 0.4) is 0 Å². The van der Waals surface area contributed by atoms with Crippen molar-refractivity contribution in [1.29, 1.82) is 5.26 Å². The summed E-state index contributed by atoms with van der Waals surface area (Å²) in [7, 11) is 0. The lowest BCUT2D eigenvalue weighted by Gasteiger charge is -2.08. The van der Waals surface area contributed by atoms with Gasteiger partial charge in [0.2, 0.25) is 0 Å². The third kappa shape index (κ3) is 4.21. The number of carbonyl (C=O) groups is 1. The van der Waals surface area contributed by atoms with Gasteiger partial charge in [-0.05, 0) is 55.6 Å². The molecule has 4 nitrogen and oxygen atoms in total. The molecule has 0 radical (unpaired) electrons. The van der Waals surface area contributed by atoms with Gasteiger partial charge in [-0.3, -0.25) is 0 Å². The summed E-state index contributed by atoms with van der Waals surface area (Å²) in [6.07, 6.45) is 2.51. The number of carboxylic acids is 1. The van der Waals surface area contributed by atoms with Gasteiger partial charge in [-0.2, -0.15) is 5.26 Å². The Bertz CT molecular complexity index is 483. The van der Waals surface area contributed by atoms with Crippen molar-refractivity contribution in [3.8, 4) is 11.8 Å². The molecule has 1 aromatic rings. The largest absolute Gasteiger partial charge is 0.478 e. The summed E-state index contributed by atoms with van der Waals surface area (Å²) in [5.74, 6) is -0.499. The van der Waals surface area contributed by atoms with E-state index in [4.69, 9.17) is 15.1 Å². The highest BCUT2D eigenvalue weighted by molar-refractivity contribution is 9.11. The lowest BCUT2D eigenvalue weighted by Crippen LogP contribution is -1.95. The molecule has 0 aliphatic heterocycles. The molecule has 1 aromatic carbocycles. The van der Waals surface area contributed by atoms with E-state index in [1.165, 1.54) is 6.08 Å². The van der Waals surface area contributed by atoms with Crippen molar-refractivity contribution in [3.63, 3.8) is 0 Å². The van der Waals surface area contributed by atoms with Crippen LogP contribution in [0, 0.1) is 11.3 Å². The zero-order valence-electron chi connectivity index (χ0n) is 8.48. The summed E-state index contributed by atoms with van der Waals surface area (Å²) in [6, 6.07) is 5.28. The molecule has 17 heavy (non-hydrogen) atoms. The van der Waals surface area contributed by atoms with Crippen LogP contribution >= 0.6 is 31.9 Å².